The molecule has 0 spiro atoms. The third-order valence-electron chi connectivity index (χ3n) is 5.60. The minimum absolute atomic E-state index is 0.0161. The number of morpholine rings is 1. The highest BCUT2D eigenvalue weighted by molar-refractivity contribution is 6.31. The Morgan fingerprint density at radius 2 is 2.03 bits per heavy atom. The minimum Gasteiger partial charge on any atom is -0.486 e. The molecule has 2 aliphatic rings. The molecule has 1 fully saturated rings. The van der Waals surface area contributed by atoms with Crippen molar-refractivity contribution >= 4 is 23.2 Å². The van der Waals surface area contributed by atoms with Crippen molar-refractivity contribution in [2.75, 3.05) is 39.5 Å². The van der Waals surface area contributed by atoms with Gasteiger partial charge in [0.05, 0.1) is 29.7 Å². The number of rotatable bonds is 6. The Balaban J connectivity index is 1.62. The van der Waals surface area contributed by atoms with Crippen LogP contribution in [0.5, 0.6) is 11.5 Å². The van der Waals surface area contributed by atoms with Crippen molar-refractivity contribution in [3.8, 4) is 11.5 Å². The SMILES string of the molecule is CC1CN(C(CNC(=O)c2cc3c(cc2[N+](=O)[O-])OCCO3)c2c(F)cccc2Cl)CCO1. The lowest BCUT2D eigenvalue weighted by Gasteiger charge is -2.38. The van der Waals surface area contributed by atoms with Crippen LogP contribution in [0, 0.1) is 15.9 Å². The van der Waals surface area contributed by atoms with E-state index in [4.69, 9.17) is 25.8 Å². The Morgan fingerprint density at radius 3 is 2.70 bits per heavy atom. The lowest BCUT2D eigenvalue weighted by Crippen LogP contribution is -2.47. The van der Waals surface area contributed by atoms with Crippen molar-refractivity contribution in [2.45, 2.75) is 19.1 Å². The van der Waals surface area contributed by atoms with Gasteiger partial charge in [0, 0.05) is 36.3 Å². The Labute approximate surface area is 194 Å². The van der Waals surface area contributed by atoms with E-state index in [1.165, 1.54) is 24.3 Å². The van der Waals surface area contributed by atoms with Crippen LogP contribution in [0.1, 0.15) is 28.9 Å². The standard InChI is InChI=1S/C22H23ClFN3O6/c1-13-12-26(5-6-31-13)18(21-15(23)3-2-4-16(21)24)11-25-22(28)14-9-19-20(33-8-7-32-19)10-17(14)27(29)30/h2-4,9-10,13,18H,5-8,11-12H2,1H3,(H,25,28). The van der Waals surface area contributed by atoms with E-state index in [2.05, 4.69) is 5.32 Å². The molecule has 2 atom stereocenters. The van der Waals surface area contributed by atoms with Crippen molar-refractivity contribution < 1.29 is 28.3 Å². The summed E-state index contributed by atoms with van der Waals surface area (Å²) in [6.45, 7) is 3.90. The molecule has 1 amide bonds. The van der Waals surface area contributed by atoms with Crippen LogP contribution in [0.4, 0.5) is 10.1 Å². The van der Waals surface area contributed by atoms with Crippen molar-refractivity contribution in [2.24, 2.45) is 0 Å². The van der Waals surface area contributed by atoms with Gasteiger partial charge in [-0.1, -0.05) is 17.7 Å². The van der Waals surface area contributed by atoms with E-state index in [-0.39, 0.29) is 53.5 Å². The molecule has 2 aromatic carbocycles. The fraction of sp³-hybridized carbons (Fsp3) is 0.409. The van der Waals surface area contributed by atoms with Crippen molar-refractivity contribution in [1.29, 1.82) is 0 Å². The summed E-state index contributed by atoms with van der Waals surface area (Å²) in [6, 6.07) is 6.29. The largest absolute Gasteiger partial charge is 0.486 e. The maximum absolute atomic E-state index is 14.8. The summed E-state index contributed by atoms with van der Waals surface area (Å²) in [4.78, 5) is 25.9. The lowest BCUT2D eigenvalue weighted by molar-refractivity contribution is -0.385. The van der Waals surface area contributed by atoms with Gasteiger partial charge in [0.25, 0.3) is 11.6 Å². The highest BCUT2D eigenvalue weighted by Gasteiger charge is 2.31. The smallest absolute Gasteiger partial charge is 0.286 e. The summed E-state index contributed by atoms with van der Waals surface area (Å²) in [6.07, 6.45) is -0.0821. The quantitative estimate of drug-likeness (QED) is 0.500. The molecular formula is C22H23ClFN3O6. The molecule has 176 valence electrons. The van der Waals surface area contributed by atoms with Crippen molar-refractivity contribution in [1.82, 2.24) is 10.2 Å². The first-order valence-electron chi connectivity index (χ1n) is 10.5. The number of carbonyl (C=O) groups is 1. The van der Waals surface area contributed by atoms with Gasteiger partial charge in [-0.15, -0.1) is 0 Å². The Kier molecular flexibility index (Phi) is 6.96. The Morgan fingerprint density at radius 1 is 1.30 bits per heavy atom. The molecule has 0 bridgehead atoms. The molecular weight excluding hydrogens is 457 g/mol. The normalized spacial score (nSPS) is 19.1. The monoisotopic (exact) mass is 479 g/mol. The fourth-order valence-corrected chi connectivity index (χ4v) is 4.36. The van der Waals surface area contributed by atoms with E-state index >= 15 is 0 Å². The number of nitrogens with one attached hydrogen (secondary N) is 1. The molecule has 0 radical (unpaired) electrons. The molecule has 2 aliphatic heterocycles. The van der Waals surface area contributed by atoms with Gasteiger partial charge in [0.1, 0.15) is 24.6 Å². The number of amides is 1. The summed E-state index contributed by atoms with van der Waals surface area (Å²) in [5.41, 5.74) is -0.319. The molecule has 2 aromatic rings. The Bertz CT molecular complexity index is 1050. The molecule has 0 aromatic heterocycles. The zero-order valence-electron chi connectivity index (χ0n) is 17.9. The number of ether oxygens (including phenoxy) is 3. The number of hydrogen-bond donors (Lipinski definition) is 1. The number of fused-ring (bicyclic) bond motifs is 1. The van der Waals surface area contributed by atoms with Crippen LogP contribution in [-0.4, -0.2) is 61.3 Å². The van der Waals surface area contributed by atoms with Crippen LogP contribution >= 0.6 is 11.6 Å². The maximum atomic E-state index is 14.8. The van der Waals surface area contributed by atoms with Crippen LogP contribution < -0.4 is 14.8 Å². The van der Waals surface area contributed by atoms with Crippen LogP contribution in [0.15, 0.2) is 30.3 Å². The predicted molar refractivity (Wildman–Crippen MR) is 118 cm³/mol. The van der Waals surface area contributed by atoms with Gasteiger partial charge in [0.2, 0.25) is 0 Å². The second kappa shape index (κ2) is 9.90. The maximum Gasteiger partial charge on any atom is 0.286 e. The summed E-state index contributed by atoms with van der Waals surface area (Å²) >= 11 is 6.33. The molecule has 4 rings (SSSR count). The number of nitro groups is 1. The second-order valence-corrected chi connectivity index (χ2v) is 8.21. The minimum atomic E-state index is -0.683. The van der Waals surface area contributed by atoms with E-state index in [0.717, 1.165) is 0 Å². The number of nitro benzene ring substituents is 1. The molecule has 9 nitrogen and oxygen atoms in total. The molecule has 2 heterocycles. The number of carbonyl (C=O) groups excluding carboxylic acids is 1. The van der Waals surface area contributed by atoms with E-state index in [1.54, 1.807) is 6.07 Å². The summed E-state index contributed by atoms with van der Waals surface area (Å²) in [7, 11) is 0. The number of halogens is 2. The average Bonchev–Trinajstić information content (AvgIpc) is 2.79. The van der Waals surface area contributed by atoms with Crippen LogP contribution in [0.2, 0.25) is 5.02 Å². The number of nitrogens with zero attached hydrogens (tertiary/aromatic N) is 2. The Hall–Kier alpha value is -2.95. The van der Waals surface area contributed by atoms with Gasteiger partial charge < -0.3 is 19.5 Å². The van der Waals surface area contributed by atoms with Gasteiger partial charge in [-0.05, 0) is 19.1 Å². The topological polar surface area (TPSA) is 103 Å². The van der Waals surface area contributed by atoms with Gasteiger partial charge in [0.15, 0.2) is 11.5 Å². The third-order valence-corrected chi connectivity index (χ3v) is 5.93. The summed E-state index contributed by atoms with van der Waals surface area (Å²) in [5.74, 6) is -0.709. The molecule has 1 saturated heterocycles. The number of hydrogen-bond acceptors (Lipinski definition) is 7. The van der Waals surface area contributed by atoms with Crippen LogP contribution in [0.25, 0.3) is 0 Å². The van der Waals surface area contributed by atoms with Gasteiger partial charge >= 0.3 is 0 Å². The third kappa shape index (κ3) is 5.02. The molecule has 1 N–H and O–H groups in total. The van der Waals surface area contributed by atoms with E-state index < -0.39 is 28.4 Å². The fourth-order valence-electron chi connectivity index (χ4n) is 4.07. The highest BCUT2D eigenvalue weighted by Crippen LogP contribution is 2.37. The second-order valence-electron chi connectivity index (χ2n) is 7.81. The zero-order valence-corrected chi connectivity index (χ0v) is 18.6. The molecule has 2 unspecified atom stereocenters. The average molecular weight is 480 g/mol. The van der Waals surface area contributed by atoms with Crippen molar-refractivity contribution in [3.05, 3.63) is 62.4 Å². The first-order chi connectivity index (χ1) is 15.8. The molecule has 11 heteroatoms. The highest BCUT2D eigenvalue weighted by atomic mass is 35.5. The molecule has 0 saturated carbocycles. The van der Waals surface area contributed by atoms with Crippen LogP contribution in [0.3, 0.4) is 0 Å². The lowest BCUT2D eigenvalue weighted by atomic mass is 10.0. The van der Waals surface area contributed by atoms with E-state index in [1.807, 2.05) is 11.8 Å². The van der Waals surface area contributed by atoms with Crippen molar-refractivity contribution in [3.63, 3.8) is 0 Å². The summed E-state index contributed by atoms with van der Waals surface area (Å²) in [5, 5.41) is 14.5. The van der Waals surface area contributed by atoms with E-state index in [0.29, 0.717) is 19.7 Å². The van der Waals surface area contributed by atoms with Gasteiger partial charge in [-0.2, -0.15) is 0 Å². The predicted octanol–water partition coefficient (Wildman–Crippen LogP) is 3.35. The van der Waals surface area contributed by atoms with E-state index in [9.17, 15) is 19.3 Å². The molecule has 33 heavy (non-hydrogen) atoms. The first kappa shape index (κ1) is 23.2. The van der Waals surface area contributed by atoms with Crippen LogP contribution in [-0.2, 0) is 4.74 Å². The number of benzene rings is 2. The van der Waals surface area contributed by atoms with Gasteiger partial charge in [-0.3, -0.25) is 19.8 Å². The first-order valence-corrected chi connectivity index (χ1v) is 10.9. The summed E-state index contributed by atoms with van der Waals surface area (Å²) < 4.78 is 31.2. The van der Waals surface area contributed by atoms with Gasteiger partial charge in [-0.25, -0.2) is 4.39 Å². The zero-order chi connectivity index (χ0) is 23.5. The molecule has 0 aliphatic carbocycles.